The molecule has 1 aliphatic rings. The Morgan fingerprint density at radius 3 is 2.71 bits per heavy atom. The van der Waals surface area contributed by atoms with Gasteiger partial charge in [0.1, 0.15) is 6.07 Å². The summed E-state index contributed by atoms with van der Waals surface area (Å²) >= 11 is 0. The molecular formula is C16H22N4O. The van der Waals surface area contributed by atoms with Crippen molar-refractivity contribution in [2.75, 3.05) is 5.32 Å². The highest BCUT2D eigenvalue weighted by atomic mass is 16.3. The first-order chi connectivity index (χ1) is 10.3. The Kier molecular flexibility index (Phi) is 5.18. The largest absolute Gasteiger partial charge is 0.393 e. The summed E-state index contributed by atoms with van der Waals surface area (Å²) in [5.41, 5.74) is 2.34. The third-order valence-corrected chi connectivity index (χ3v) is 3.73. The highest BCUT2D eigenvalue weighted by Gasteiger charge is 2.21. The van der Waals surface area contributed by atoms with E-state index in [-0.39, 0.29) is 6.10 Å². The summed E-state index contributed by atoms with van der Waals surface area (Å²) < 4.78 is 1.76. The summed E-state index contributed by atoms with van der Waals surface area (Å²) in [7, 11) is 0. The molecular weight excluding hydrogens is 264 g/mol. The summed E-state index contributed by atoms with van der Waals surface area (Å²) in [6.07, 6.45) is 6.80. The van der Waals surface area contributed by atoms with Crippen LogP contribution in [0.1, 0.15) is 45.1 Å². The van der Waals surface area contributed by atoms with E-state index in [2.05, 4.69) is 16.5 Å². The lowest BCUT2D eigenvalue weighted by Gasteiger charge is -2.27. The molecule has 0 unspecified atom stereocenters. The first kappa shape index (κ1) is 15.3. The number of aliphatic hydroxyl groups excluding tert-OH is 1. The van der Waals surface area contributed by atoms with Gasteiger partial charge in [0, 0.05) is 12.2 Å². The Morgan fingerprint density at radius 2 is 2.05 bits per heavy atom. The summed E-state index contributed by atoms with van der Waals surface area (Å²) in [5.74, 6) is 0. The molecule has 112 valence electrons. The van der Waals surface area contributed by atoms with Gasteiger partial charge in [-0.15, -0.1) is 0 Å². The Balaban J connectivity index is 0.000000774. The SMILES string of the molecule is CC.N#Cc1cnn2cccc2c1NC1CCC(O)CC1. The number of hydrogen-bond donors (Lipinski definition) is 2. The number of rotatable bonds is 2. The zero-order valence-corrected chi connectivity index (χ0v) is 12.6. The summed E-state index contributed by atoms with van der Waals surface area (Å²) in [4.78, 5) is 0. The van der Waals surface area contributed by atoms with Crippen molar-refractivity contribution in [2.24, 2.45) is 0 Å². The molecule has 2 N–H and O–H groups in total. The third-order valence-electron chi connectivity index (χ3n) is 3.73. The fraction of sp³-hybridized carbons (Fsp3) is 0.500. The summed E-state index contributed by atoms with van der Waals surface area (Å²) in [6.45, 7) is 4.00. The van der Waals surface area contributed by atoms with Crippen LogP contribution in [0.3, 0.4) is 0 Å². The number of fused-ring (bicyclic) bond motifs is 1. The van der Waals surface area contributed by atoms with Crippen LogP contribution >= 0.6 is 0 Å². The van der Waals surface area contributed by atoms with Gasteiger partial charge in [-0.25, -0.2) is 4.52 Å². The topological polar surface area (TPSA) is 73.4 Å². The van der Waals surface area contributed by atoms with Crippen LogP contribution in [0, 0.1) is 11.3 Å². The normalized spacial score (nSPS) is 21.2. The minimum Gasteiger partial charge on any atom is -0.393 e. The molecule has 0 bridgehead atoms. The van der Waals surface area contributed by atoms with Crippen molar-refractivity contribution in [1.82, 2.24) is 9.61 Å². The van der Waals surface area contributed by atoms with E-state index < -0.39 is 0 Å². The van der Waals surface area contributed by atoms with E-state index >= 15 is 0 Å². The monoisotopic (exact) mass is 286 g/mol. The van der Waals surface area contributed by atoms with Crippen LogP contribution in [0.4, 0.5) is 5.69 Å². The van der Waals surface area contributed by atoms with E-state index in [1.54, 1.807) is 10.7 Å². The Hall–Kier alpha value is -2.06. The second-order valence-corrected chi connectivity index (χ2v) is 5.03. The minimum atomic E-state index is -0.167. The molecule has 0 spiro atoms. The summed E-state index contributed by atoms with van der Waals surface area (Å²) in [5, 5.41) is 26.4. The second-order valence-electron chi connectivity index (χ2n) is 5.03. The van der Waals surface area contributed by atoms with Crippen molar-refractivity contribution in [3.8, 4) is 6.07 Å². The van der Waals surface area contributed by atoms with Crippen LogP contribution in [0.2, 0.25) is 0 Å². The van der Waals surface area contributed by atoms with Gasteiger partial charge in [0.25, 0.3) is 0 Å². The maximum atomic E-state index is 9.54. The number of hydrogen-bond acceptors (Lipinski definition) is 4. The van der Waals surface area contributed by atoms with E-state index in [4.69, 9.17) is 0 Å². The Labute approximate surface area is 125 Å². The average molecular weight is 286 g/mol. The van der Waals surface area contributed by atoms with E-state index in [0.717, 1.165) is 36.9 Å². The Bertz CT molecular complexity index is 621. The molecule has 0 amide bonds. The quantitative estimate of drug-likeness (QED) is 0.890. The van der Waals surface area contributed by atoms with E-state index in [1.807, 2.05) is 32.2 Å². The van der Waals surface area contributed by atoms with Gasteiger partial charge < -0.3 is 10.4 Å². The van der Waals surface area contributed by atoms with E-state index in [1.165, 1.54) is 0 Å². The maximum Gasteiger partial charge on any atom is 0.103 e. The number of nitriles is 1. The van der Waals surface area contributed by atoms with Crippen molar-refractivity contribution in [1.29, 1.82) is 5.26 Å². The molecule has 21 heavy (non-hydrogen) atoms. The fourth-order valence-electron chi connectivity index (χ4n) is 2.65. The first-order valence-electron chi connectivity index (χ1n) is 7.59. The third kappa shape index (κ3) is 3.34. The first-order valence-corrected chi connectivity index (χ1v) is 7.59. The Morgan fingerprint density at radius 1 is 1.33 bits per heavy atom. The average Bonchev–Trinajstić information content (AvgIpc) is 3.01. The summed E-state index contributed by atoms with van der Waals surface area (Å²) in [6, 6.07) is 6.37. The zero-order valence-electron chi connectivity index (χ0n) is 12.6. The van der Waals surface area contributed by atoms with Gasteiger partial charge in [-0.05, 0) is 37.8 Å². The van der Waals surface area contributed by atoms with Gasteiger partial charge in [-0.3, -0.25) is 0 Å². The molecule has 0 aliphatic heterocycles. The van der Waals surface area contributed by atoms with Crippen molar-refractivity contribution >= 4 is 11.2 Å². The molecule has 5 nitrogen and oxygen atoms in total. The second kappa shape index (κ2) is 7.09. The molecule has 3 rings (SSSR count). The van der Waals surface area contributed by atoms with Gasteiger partial charge in [0.2, 0.25) is 0 Å². The van der Waals surface area contributed by atoms with Gasteiger partial charge in [0.15, 0.2) is 0 Å². The number of anilines is 1. The van der Waals surface area contributed by atoms with Gasteiger partial charge in [0.05, 0.1) is 29.1 Å². The predicted molar refractivity (Wildman–Crippen MR) is 83.1 cm³/mol. The van der Waals surface area contributed by atoms with Crippen LogP contribution < -0.4 is 5.32 Å². The molecule has 2 aromatic rings. The van der Waals surface area contributed by atoms with Crippen molar-refractivity contribution in [3.05, 3.63) is 30.1 Å². The molecule has 1 fully saturated rings. The standard InChI is InChI=1S/C14H16N4O.C2H6/c15-8-10-9-16-18-7-1-2-13(18)14(10)17-11-3-5-12(19)6-4-11;1-2/h1-2,7,9,11-12,17,19H,3-6H2;1-2H3. The number of nitrogens with zero attached hydrogens (tertiary/aromatic N) is 3. The smallest absolute Gasteiger partial charge is 0.103 e. The molecule has 2 heterocycles. The lowest BCUT2D eigenvalue weighted by molar-refractivity contribution is 0.126. The van der Waals surface area contributed by atoms with Crippen LogP contribution in [0.25, 0.3) is 5.52 Å². The van der Waals surface area contributed by atoms with Gasteiger partial charge in [-0.1, -0.05) is 13.8 Å². The molecule has 0 aromatic carbocycles. The highest BCUT2D eigenvalue weighted by Crippen LogP contribution is 2.26. The fourth-order valence-corrected chi connectivity index (χ4v) is 2.65. The molecule has 2 aromatic heterocycles. The molecule has 0 atom stereocenters. The van der Waals surface area contributed by atoms with Crippen molar-refractivity contribution < 1.29 is 5.11 Å². The lowest BCUT2D eigenvalue weighted by atomic mass is 9.93. The number of nitrogens with one attached hydrogen (secondary N) is 1. The molecule has 1 saturated carbocycles. The predicted octanol–water partition coefficient (Wildman–Crippen LogP) is 2.95. The number of aliphatic hydroxyl groups is 1. The van der Waals surface area contributed by atoms with Gasteiger partial charge in [-0.2, -0.15) is 10.4 Å². The molecule has 0 radical (unpaired) electrons. The molecule has 0 saturated heterocycles. The van der Waals surface area contributed by atoms with E-state index in [9.17, 15) is 10.4 Å². The van der Waals surface area contributed by atoms with Crippen LogP contribution in [-0.2, 0) is 0 Å². The molecule has 1 aliphatic carbocycles. The van der Waals surface area contributed by atoms with Crippen LogP contribution in [-0.4, -0.2) is 26.9 Å². The molecule has 5 heteroatoms. The van der Waals surface area contributed by atoms with Crippen molar-refractivity contribution in [3.63, 3.8) is 0 Å². The van der Waals surface area contributed by atoms with Crippen molar-refractivity contribution in [2.45, 2.75) is 51.7 Å². The maximum absolute atomic E-state index is 9.54. The highest BCUT2D eigenvalue weighted by molar-refractivity contribution is 5.77. The minimum absolute atomic E-state index is 0.167. The zero-order chi connectivity index (χ0) is 15.2. The van der Waals surface area contributed by atoms with Crippen LogP contribution in [0.15, 0.2) is 24.5 Å². The lowest BCUT2D eigenvalue weighted by Crippen LogP contribution is -2.28. The van der Waals surface area contributed by atoms with Crippen LogP contribution in [0.5, 0.6) is 0 Å². The van der Waals surface area contributed by atoms with E-state index in [0.29, 0.717) is 11.6 Å². The number of aromatic nitrogens is 2. The van der Waals surface area contributed by atoms with Gasteiger partial charge >= 0.3 is 0 Å².